The van der Waals surface area contributed by atoms with E-state index < -0.39 is 0 Å². The van der Waals surface area contributed by atoms with Crippen LogP contribution in [-0.4, -0.2) is 66.4 Å². The molecule has 2 amide bonds. The minimum atomic E-state index is -0.376. The molecule has 2 aliphatic heterocycles. The maximum Gasteiger partial charge on any atom is 0.241 e. The van der Waals surface area contributed by atoms with Gasteiger partial charge in [-0.25, -0.2) is 4.39 Å². The molecule has 2 atom stereocenters. The smallest absolute Gasteiger partial charge is 0.241 e. The molecule has 2 N–H and O–H groups in total. The van der Waals surface area contributed by atoms with Gasteiger partial charge in [-0.1, -0.05) is 12.5 Å². The van der Waals surface area contributed by atoms with Gasteiger partial charge in [0.1, 0.15) is 5.82 Å². The van der Waals surface area contributed by atoms with Gasteiger partial charge in [0.05, 0.1) is 12.1 Å². The Morgan fingerprint density at radius 3 is 2.50 bits per heavy atom. The Morgan fingerprint density at radius 1 is 1.18 bits per heavy atom. The van der Waals surface area contributed by atoms with E-state index in [0.717, 1.165) is 25.8 Å². The van der Waals surface area contributed by atoms with Gasteiger partial charge in [-0.2, -0.15) is 0 Å². The summed E-state index contributed by atoms with van der Waals surface area (Å²) in [5, 5.41) is 6.05. The number of anilines is 1. The van der Waals surface area contributed by atoms with Crippen LogP contribution in [0.1, 0.15) is 26.2 Å². The summed E-state index contributed by atoms with van der Waals surface area (Å²) >= 11 is 0. The van der Waals surface area contributed by atoms with Crippen LogP contribution in [0.4, 0.5) is 10.1 Å². The highest BCUT2D eigenvalue weighted by Crippen LogP contribution is 2.15. The number of hydrogen-bond donors (Lipinski definition) is 2. The molecule has 2 saturated heterocycles. The number of benzene rings is 1. The van der Waals surface area contributed by atoms with Crippen molar-refractivity contribution in [3.05, 3.63) is 30.1 Å². The summed E-state index contributed by atoms with van der Waals surface area (Å²) in [6.07, 6.45) is 3.14. The summed E-state index contributed by atoms with van der Waals surface area (Å²) in [7, 11) is 0. The highest BCUT2D eigenvalue weighted by Gasteiger charge is 2.31. The highest BCUT2D eigenvalue weighted by molar-refractivity contribution is 5.94. The van der Waals surface area contributed by atoms with Crippen molar-refractivity contribution in [3.63, 3.8) is 0 Å². The molecule has 0 saturated carbocycles. The highest BCUT2D eigenvalue weighted by atomic mass is 35.5. The van der Waals surface area contributed by atoms with Crippen molar-refractivity contribution in [1.82, 2.24) is 15.1 Å². The molecule has 1 unspecified atom stereocenters. The third-order valence-corrected chi connectivity index (χ3v) is 5.25. The lowest BCUT2D eigenvalue weighted by Gasteiger charge is -2.39. The van der Waals surface area contributed by atoms with Gasteiger partial charge < -0.3 is 15.5 Å². The largest absolute Gasteiger partial charge is 0.339 e. The molecule has 1 aromatic carbocycles. The monoisotopic (exact) mass is 434 g/mol. The van der Waals surface area contributed by atoms with Crippen molar-refractivity contribution < 1.29 is 14.0 Å². The molecule has 2 fully saturated rings. The van der Waals surface area contributed by atoms with E-state index in [-0.39, 0.29) is 54.5 Å². The molecule has 0 aliphatic carbocycles. The fraction of sp³-hybridized carbons (Fsp3) is 0.579. The zero-order chi connectivity index (χ0) is 18.5. The Kier molecular flexibility index (Phi) is 10.2. The minimum Gasteiger partial charge on any atom is -0.339 e. The standard InChI is InChI=1S/C19H27FN4O2.2ClH/c1-14(18(25)22-16-6-4-5-15(20)13-16)23-9-11-24(12-10-23)19(26)17-7-2-3-8-21-17;;/h4-6,13-14,17,21H,2-3,7-12H2,1H3,(H,22,25);2*1H/t14?,17-;;/m1../s1. The molecule has 0 radical (unpaired) electrons. The first-order valence-corrected chi connectivity index (χ1v) is 9.37. The molecule has 1 aromatic rings. The molecule has 3 rings (SSSR count). The zero-order valence-electron chi connectivity index (χ0n) is 16.0. The van der Waals surface area contributed by atoms with E-state index in [1.165, 1.54) is 12.1 Å². The van der Waals surface area contributed by atoms with Gasteiger partial charge in [0.25, 0.3) is 0 Å². The van der Waals surface area contributed by atoms with E-state index in [4.69, 9.17) is 0 Å². The summed E-state index contributed by atoms with van der Waals surface area (Å²) in [5.74, 6) is -0.357. The normalized spacial score (nSPS) is 21.1. The Morgan fingerprint density at radius 2 is 1.89 bits per heavy atom. The average Bonchev–Trinajstić information content (AvgIpc) is 2.67. The lowest BCUT2D eigenvalue weighted by molar-refractivity contribution is -0.136. The van der Waals surface area contributed by atoms with Crippen LogP contribution in [0.25, 0.3) is 0 Å². The number of piperazine rings is 1. The number of nitrogens with one attached hydrogen (secondary N) is 2. The summed E-state index contributed by atoms with van der Waals surface area (Å²) in [6, 6.07) is 5.50. The number of carbonyl (C=O) groups is 2. The van der Waals surface area contributed by atoms with Gasteiger partial charge in [-0.3, -0.25) is 14.5 Å². The quantitative estimate of drug-likeness (QED) is 0.762. The Balaban J connectivity index is 0.00000196. The van der Waals surface area contributed by atoms with Crippen molar-refractivity contribution in [2.45, 2.75) is 38.3 Å². The van der Waals surface area contributed by atoms with Crippen LogP contribution < -0.4 is 10.6 Å². The van der Waals surface area contributed by atoms with Crippen molar-refractivity contribution in [3.8, 4) is 0 Å². The fourth-order valence-electron chi connectivity index (χ4n) is 3.59. The Bertz CT molecular complexity index is 651. The van der Waals surface area contributed by atoms with Crippen LogP contribution in [0.2, 0.25) is 0 Å². The van der Waals surface area contributed by atoms with Crippen LogP contribution in [0.15, 0.2) is 24.3 Å². The summed E-state index contributed by atoms with van der Waals surface area (Å²) in [4.78, 5) is 28.9. The predicted molar refractivity (Wildman–Crippen MR) is 113 cm³/mol. The van der Waals surface area contributed by atoms with Gasteiger partial charge in [-0.05, 0) is 44.5 Å². The molecule has 9 heteroatoms. The summed E-state index contributed by atoms with van der Waals surface area (Å²) < 4.78 is 13.2. The Hall–Kier alpha value is -1.41. The number of hydrogen-bond acceptors (Lipinski definition) is 4. The second-order valence-electron chi connectivity index (χ2n) is 7.04. The van der Waals surface area contributed by atoms with E-state index in [1.54, 1.807) is 12.1 Å². The maximum absolute atomic E-state index is 13.2. The molecule has 0 bridgehead atoms. The predicted octanol–water partition coefficient (Wildman–Crippen LogP) is 2.28. The summed E-state index contributed by atoms with van der Waals surface area (Å²) in [6.45, 7) is 5.35. The van der Waals surface area contributed by atoms with Crippen LogP contribution in [0, 0.1) is 5.82 Å². The molecule has 0 spiro atoms. The van der Waals surface area contributed by atoms with Gasteiger partial charge in [-0.15, -0.1) is 24.8 Å². The number of piperidine rings is 1. The van der Waals surface area contributed by atoms with Crippen LogP contribution in [0.5, 0.6) is 0 Å². The maximum atomic E-state index is 13.2. The molecule has 2 heterocycles. The molecular formula is C19H29Cl2FN4O2. The first kappa shape index (κ1) is 24.6. The molecule has 6 nitrogen and oxygen atoms in total. The van der Waals surface area contributed by atoms with E-state index in [1.807, 2.05) is 11.8 Å². The van der Waals surface area contributed by atoms with Crippen LogP contribution in [0.3, 0.4) is 0 Å². The molecule has 158 valence electrons. The molecule has 28 heavy (non-hydrogen) atoms. The summed E-state index contributed by atoms with van der Waals surface area (Å²) in [5.41, 5.74) is 0.457. The topological polar surface area (TPSA) is 64.7 Å². The van der Waals surface area contributed by atoms with E-state index >= 15 is 0 Å². The number of halogens is 3. The van der Waals surface area contributed by atoms with Gasteiger partial charge >= 0.3 is 0 Å². The Labute approximate surface area is 178 Å². The van der Waals surface area contributed by atoms with Crippen molar-refractivity contribution in [2.75, 3.05) is 38.0 Å². The number of carbonyl (C=O) groups excluding carboxylic acids is 2. The molecular weight excluding hydrogens is 406 g/mol. The third-order valence-electron chi connectivity index (χ3n) is 5.25. The van der Waals surface area contributed by atoms with Crippen LogP contribution >= 0.6 is 24.8 Å². The second-order valence-corrected chi connectivity index (χ2v) is 7.04. The first-order valence-electron chi connectivity index (χ1n) is 9.37. The van der Waals surface area contributed by atoms with E-state index in [2.05, 4.69) is 15.5 Å². The van der Waals surface area contributed by atoms with E-state index in [0.29, 0.717) is 31.9 Å². The fourth-order valence-corrected chi connectivity index (χ4v) is 3.59. The van der Waals surface area contributed by atoms with Crippen molar-refractivity contribution >= 4 is 42.3 Å². The van der Waals surface area contributed by atoms with Gasteiger partial charge in [0.2, 0.25) is 11.8 Å². The number of nitrogens with zero attached hydrogens (tertiary/aromatic N) is 2. The van der Waals surface area contributed by atoms with Gasteiger partial charge in [0.15, 0.2) is 0 Å². The lowest BCUT2D eigenvalue weighted by atomic mass is 10.0. The number of rotatable bonds is 4. The van der Waals surface area contributed by atoms with Crippen LogP contribution in [-0.2, 0) is 9.59 Å². The lowest BCUT2D eigenvalue weighted by Crippen LogP contribution is -2.57. The minimum absolute atomic E-state index is 0. The second kappa shape index (κ2) is 11.6. The molecule has 2 aliphatic rings. The SMILES string of the molecule is CC(C(=O)Nc1cccc(F)c1)N1CCN(C(=O)[C@H]2CCCCN2)CC1.Cl.Cl. The zero-order valence-corrected chi connectivity index (χ0v) is 17.7. The third kappa shape index (κ3) is 6.30. The van der Waals surface area contributed by atoms with Crippen molar-refractivity contribution in [1.29, 1.82) is 0 Å². The number of amides is 2. The molecule has 0 aromatic heterocycles. The van der Waals surface area contributed by atoms with Crippen molar-refractivity contribution in [2.24, 2.45) is 0 Å². The van der Waals surface area contributed by atoms with E-state index in [9.17, 15) is 14.0 Å². The first-order chi connectivity index (χ1) is 12.5. The van der Waals surface area contributed by atoms with Gasteiger partial charge in [0, 0.05) is 31.9 Å². The average molecular weight is 435 g/mol.